The zero-order valence-electron chi connectivity index (χ0n) is 15.4. The summed E-state index contributed by atoms with van der Waals surface area (Å²) in [4.78, 5) is 14.9. The molecular formula is C20H26N2O4. The Kier molecular flexibility index (Phi) is 6.30. The predicted octanol–water partition coefficient (Wildman–Crippen LogP) is 3.00. The van der Waals surface area contributed by atoms with Crippen LogP contribution in [0.4, 0.5) is 0 Å². The lowest BCUT2D eigenvalue weighted by Crippen LogP contribution is -2.36. The van der Waals surface area contributed by atoms with Crippen molar-refractivity contribution in [2.24, 2.45) is 0 Å². The van der Waals surface area contributed by atoms with E-state index in [0.29, 0.717) is 24.7 Å². The van der Waals surface area contributed by atoms with Crippen molar-refractivity contribution in [2.45, 2.75) is 25.5 Å². The van der Waals surface area contributed by atoms with Crippen molar-refractivity contribution in [2.75, 3.05) is 33.9 Å². The Hall–Kier alpha value is -2.31. The maximum Gasteiger partial charge on any atom is 0.287 e. The number of hydrogen-bond donors (Lipinski definition) is 1. The van der Waals surface area contributed by atoms with E-state index in [1.807, 2.05) is 18.2 Å². The molecule has 1 atom stereocenters. The minimum absolute atomic E-state index is 0.0750. The van der Waals surface area contributed by atoms with Crippen molar-refractivity contribution in [3.8, 4) is 5.75 Å². The summed E-state index contributed by atoms with van der Waals surface area (Å²) < 4.78 is 16.1. The number of hydrogen-bond acceptors (Lipinski definition) is 5. The second kappa shape index (κ2) is 8.87. The predicted molar refractivity (Wildman–Crippen MR) is 98.3 cm³/mol. The van der Waals surface area contributed by atoms with Crippen LogP contribution in [0.15, 0.2) is 40.8 Å². The monoisotopic (exact) mass is 358 g/mol. The SMILES string of the molecule is COCc1ccc(C(=O)NCC(c2ccccc2OC)N2CCCC2)o1. The zero-order chi connectivity index (χ0) is 18.4. The highest BCUT2D eigenvalue weighted by Gasteiger charge is 2.26. The Balaban J connectivity index is 1.72. The topological polar surface area (TPSA) is 63.9 Å². The minimum atomic E-state index is -0.216. The molecule has 0 spiro atoms. The summed E-state index contributed by atoms with van der Waals surface area (Å²) in [5.74, 6) is 1.57. The molecule has 2 heterocycles. The number of furan rings is 1. The molecule has 1 N–H and O–H groups in total. The molecule has 1 amide bonds. The van der Waals surface area contributed by atoms with E-state index in [0.717, 1.165) is 24.4 Å². The fourth-order valence-electron chi connectivity index (χ4n) is 3.43. The molecule has 3 rings (SSSR count). The highest BCUT2D eigenvalue weighted by Crippen LogP contribution is 2.31. The molecule has 1 unspecified atom stereocenters. The summed E-state index contributed by atoms with van der Waals surface area (Å²) >= 11 is 0. The fourth-order valence-corrected chi connectivity index (χ4v) is 3.43. The molecule has 2 aromatic rings. The molecule has 0 aliphatic carbocycles. The van der Waals surface area contributed by atoms with Crippen LogP contribution < -0.4 is 10.1 Å². The summed E-state index contributed by atoms with van der Waals surface area (Å²) in [5, 5.41) is 3.01. The minimum Gasteiger partial charge on any atom is -0.496 e. The molecule has 1 saturated heterocycles. The number of ether oxygens (including phenoxy) is 2. The van der Waals surface area contributed by atoms with Crippen LogP contribution in [0.5, 0.6) is 5.75 Å². The molecule has 0 saturated carbocycles. The Morgan fingerprint density at radius 2 is 1.96 bits per heavy atom. The third kappa shape index (κ3) is 4.26. The molecule has 26 heavy (non-hydrogen) atoms. The maximum absolute atomic E-state index is 12.5. The van der Waals surface area contributed by atoms with E-state index >= 15 is 0 Å². The largest absolute Gasteiger partial charge is 0.496 e. The number of para-hydroxylation sites is 1. The first kappa shape index (κ1) is 18.5. The van der Waals surface area contributed by atoms with Crippen molar-refractivity contribution >= 4 is 5.91 Å². The van der Waals surface area contributed by atoms with E-state index in [1.54, 1.807) is 26.4 Å². The third-order valence-corrected chi connectivity index (χ3v) is 4.71. The van der Waals surface area contributed by atoms with Crippen LogP contribution in [0.2, 0.25) is 0 Å². The third-order valence-electron chi connectivity index (χ3n) is 4.71. The molecule has 6 nitrogen and oxygen atoms in total. The standard InChI is InChI=1S/C20H26N2O4/c1-24-14-15-9-10-19(26-15)20(23)21-13-17(22-11-5-6-12-22)16-7-3-4-8-18(16)25-2/h3-4,7-10,17H,5-6,11-14H2,1-2H3,(H,21,23). The number of carbonyl (C=O) groups is 1. The average molecular weight is 358 g/mol. The number of methoxy groups -OCH3 is 2. The fraction of sp³-hybridized carbons (Fsp3) is 0.450. The van der Waals surface area contributed by atoms with Gasteiger partial charge in [0, 0.05) is 19.2 Å². The van der Waals surface area contributed by atoms with Gasteiger partial charge in [-0.25, -0.2) is 0 Å². The molecular weight excluding hydrogens is 332 g/mol. The summed E-state index contributed by atoms with van der Waals surface area (Å²) in [6, 6.07) is 11.5. The Morgan fingerprint density at radius 3 is 2.69 bits per heavy atom. The van der Waals surface area contributed by atoms with E-state index in [1.165, 1.54) is 12.8 Å². The van der Waals surface area contributed by atoms with Crippen LogP contribution in [0, 0.1) is 0 Å². The lowest BCUT2D eigenvalue weighted by Gasteiger charge is -2.29. The number of nitrogens with zero attached hydrogens (tertiary/aromatic N) is 1. The molecule has 1 aliphatic rings. The van der Waals surface area contributed by atoms with Crippen LogP contribution in [0.3, 0.4) is 0 Å². The molecule has 1 aromatic heterocycles. The van der Waals surface area contributed by atoms with Crippen LogP contribution >= 0.6 is 0 Å². The van der Waals surface area contributed by atoms with Crippen LogP contribution in [-0.2, 0) is 11.3 Å². The summed E-state index contributed by atoms with van der Waals surface area (Å²) in [5.41, 5.74) is 1.09. The molecule has 1 aliphatic heterocycles. The van der Waals surface area contributed by atoms with E-state index in [-0.39, 0.29) is 11.9 Å². The van der Waals surface area contributed by atoms with Gasteiger partial charge in [-0.2, -0.15) is 0 Å². The van der Waals surface area contributed by atoms with Crippen molar-refractivity contribution in [1.82, 2.24) is 10.2 Å². The van der Waals surface area contributed by atoms with Gasteiger partial charge in [0.05, 0.1) is 13.2 Å². The highest BCUT2D eigenvalue weighted by atomic mass is 16.5. The van der Waals surface area contributed by atoms with Gasteiger partial charge in [-0.3, -0.25) is 9.69 Å². The molecule has 0 radical (unpaired) electrons. The number of amides is 1. The van der Waals surface area contributed by atoms with Crippen molar-refractivity contribution in [1.29, 1.82) is 0 Å². The highest BCUT2D eigenvalue weighted by molar-refractivity contribution is 5.91. The van der Waals surface area contributed by atoms with E-state index in [2.05, 4.69) is 16.3 Å². The van der Waals surface area contributed by atoms with E-state index in [4.69, 9.17) is 13.9 Å². The zero-order valence-corrected chi connectivity index (χ0v) is 15.4. The molecule has 0 bridgehead atoms. The van der Waals surface area contributed by atoms with E-state index < -0.39 is 0 Å². The van der Waals surface area contributed by atoms with Gasteiger partial charge in [-0.15, -0.1) is 0 Å². The molecule has 6 heteroatoms. The van der Waals surface area contributed by atoms with E-state index in [9.17, 15) is 4.79 Å². The van der Waals surface area contributed by atoms with Gasteiger partial charge in [-0.05, 0) is 44.1 Å². The first-order valence-corrected chi connectivity index (χ1v) is 8.95. The van der Waals surface area contributed by atoms with Gasteiger partial charge in [-0.1, -0.05) is 18.2 Å². The van der Waals surface area contributed by atoms with Gasteiger partial charge in [0.15, 0.2) is 5.76 Å². The number of nitrogens with one attached hydrogen (secondary N) is 1. The number of carbonyl (C=O) groups excluding carboxylic acids is 1. The number of rotatable bonds is 8. The molecule has 1 aromatic carbocycles. The van der Waals surface area contributed by atoms with Gasteiger partial charge < -0.3 is 19.2 Å². The lowest BCUT2D eigenvalue weighted by atomic mass is 10.0. The summed E-state index contributed by atoms with van der Waals surface area (Å²) in [6.45, 7) is 2.90. The Labute approximate surface area is 154 Å². The van der Waals surface area contributed by atoms with Gasteiger partial charge in [0.2, 0.25) is 0 Å². The normalized spacial score (nSPS) is 15.8. The second-order valence-electron chi connectivity index (χ2n) is 6.41. The first-order valence-electron chi connectivity index (χ1n) is 8.95. The van der Waals surface area contributed by atoms with Crippen LogP contribution in [-0.4, -0.2) is 44.7 Å². The number of likely N-dealkylation sites (tertiary alicyclic amines) is 1. The van der Waals surface area contributed by atoms with Crippen LogP contribution in [0.1, 0.15) is 40.8 Å². The first-order chi connectivity index (χ1) is 12.7. The van der Waals surface area contributed by atoms with Gasteiger partial charge >= 0.3 is 0 Å². The molecule has 1 fully saturated rings. The van der Waals surface area contributed by atoms with Gasteiger partial charge in [0.25, 0.3) is 5.91 Å². The van der Waals surface area contributed by atoms with Gasteiger partial charge in [0.1, 0.15) is 18.1 Å². The summed E-state index contributed by atoms with van der Waals surface area (Å²) in [7, 11) is 3.27. The number of benzene rings is 1. The smallest absolute Gasteiger partial charge is 0.287 e. The van der Waals surface area contributed by atoms with Crippen molar-refractivity contribution in [3.63, 3.8) is 0 Å². The quantitative estimate of drug-likeness (QED) is 0.786. The lowest BCUT2D eigenvalue weighted by molar-refractivity contribution is 0.0901. The van der Waals surface area contributed by atoms with Crippen LogP contribution in [0.25, 0.3) is 0 Å². The van der Waals surface area contributed by atoms with Crippen molar-refractivity contribution in [3.05, 3.63) is 53.5 Å². The van der Waals surface area contributed by atoms with Crippen molar-refractivity contribution < 1.29 is 18.7 Å². The summed E-state index contributed by atoms with van der Waals surface area (Å²) in [6.07, 6.45) is 2.36. The average Bonchev–Trinajstić information content (AvgIpc) is 3.35. The Morgan fingerprint density at radius 1 is 1.19 bits per heavy atom. The second-order valence-corrected chi connectivity index (χ2v) is 6.41. The maximum atomic E-state index is 12.5. The molecule has 140 valence electrons. The Bertz CT molecular complexity index is 722.